The number of nitrogens with zero attached hydrogens (tertiary/aromatic N) is 2. The molecular weight excluding hydrogens is 220 g/mol. The summed E-state index contributed by atoms with van der Waals surface area (Å²) < 4.78 is 0. The molecule has 98 valence electrons. The molecule has 0 N–H and O–H groups in total. The number of fused-ring (bicyclic) bond motifs is 3. The molecule has 2 aliphatic heterocycles. The van der Waals surface area contributed by atoms with Crippen LogP contribution in [0.2, 0.25) is 0 Å². The van der Waals surface area contributed by atoms with Crippen molar-refractivity contribution < 1.29 is 0 Å². The Bertz CT molecular complexity index is 423. The molecule has 1 aromatic rings. The van der Waals surface area contributed by atoms with E-state index >= 15 is 0 Å². The van der Waals surface area contributed by atoms with Crippen molar-refractivity contribution in [2.24, 2.45) is 0 Å². The molecule has 2 heteroatoms. The van der Waals surface area contributed by atoms with Crippen LogP contribution in [0.5, 0.6) is 0 Å². The van der Waals surface area contributed by atoms with Crippen molar-refractivity contribution in [1.29, 1.82) is 0 Å². The highest BCUT2D eigenvalue weighted by Crippen LogP contribution is 2.43. The fraction of sp³-hybridized carbons (Fsp3) is 0.625. The highest BCUT2D eigenvalue weighted by Gasteiger charge is 2.29. The van der Waals surface area contributed by atoms with Crippen molar-refractivity contribution in [1.82, 2.24) is 0 Å². The van der Waals surface area contributed by atoms with Gasteiger partial charge in [-0.2, -0.15) is 0 Å². The molecule has 0 amide bonds. The summed E-state index contributed by atoms with van der Waals surface area (Å²) in [7, 11) is 4.52. The molecule has 0 aliphatic carbocycles. The standard InChI is InChI=1S/C16H24N2/c1-11-5-7-13-9-10-14-8-6-12(2)18(4)16(14)15(13)17(11)3/h9-12H,5-8H2,1-4H3. The Morgan fingerprint density at radius 1 is 0.833 bits per heavy atom. The third kappa shape index (κ3) is 1.62. The van der Waals surface area contributed by atoms with Gasteiger partial charge in [-0.05, 0) is 50.7 Å². The van der Waals surface area contributed by atoms with Gasteiger partial charge in [0.2, 0.25) is 0 Å². The quantitative estimate of drug-likeness (QED) is 0.691. The van der Waals surface area contributed by atoms with Gasteiger partial charge in [-0.3, -0.25) is 0 Å². The Kier molecular flexibility index (Phi) is 2.76. The van der Waals surface area contributed by atoms with Crippen LogP contribution in [0.25, 0.3) is 0 Å². The van der Waals surface area contributed by atoms with Gasteiger partial charge in [0.15, 0.2) is 0 Å². The van der Waals surface area contributed by atoms with Crippen molar-refractivity contribution in [3.05, 3.63) is 23.3 Å². The summed E-state index contributed by atoms with van der Waals surface area (Å²) in [5.41, 5.74) is 6.08. The number of hydrogen-bond donors (Lipinski definition) is 0. The van der Waals surface area contributed by atoms with E-state index in [4.69, 9.17) is 0 Å². The van der Waals surface area contributed by atoms with Crippen LogP contribution in [0.15, 0.2) is 12.1 Å². The lowest BCUT2D eigenvalue weighted by molar-refractivity contribution is 0.575. The number of benzene rings is 1. The molecular formula is C16H24N2. The predicted molar refractivity (Wildman–Crippen MR) is 78.8 cm³/mol. The molecule has 0 spiro atoms. The topological polar surface area (TPSA) is 6.48 Å². The Hall–Kier alpha value is -1.18. The molecule has 0 saturated heterocycles. The Morgan fingerprint density at radius 3 is 1.61 bits per heavy atom. The van der Waals surface area contributed by atoms with Gasteiger partial charge in [-0.25, -0.2) is 0 Å². The summed E-state index contributed by atoms with van der Waals surface area (Å²) in [6.45, 7) is 4.68. The lowest BCUT2D eigenvalue weighted by Crippen LogP contribution is -2.39. The zero-order valence-corrected chi connectivity index (χ0v) is 12.0. The second kappa shape index (κ2) is 4.18. The van der Waals surface area contributed by atoms with Crippen LogP contribution in [0.4, 0.5) is 11.4 Å². The minimum Gasteiger partial charge on any atom is -0.370 e. The van der Waals surface area contributed by atoms with Gasteiger partial charge < -0.3 is 9.80 Å². The second-order valence-corrected chi connectivity index (χ2v) is 6.08. The fourth-order valence-electron chi connectivity index (χ4n) is 3.41. The van der Waals surface area contributed by atoms with Gasteiger partial charge in [0, 0.05) is 26.2 Å². The molecule has 2 unspecified atom stereocenters. The molecule has 2 aliphatic rings. The van der Waals surface area contributed by atoms with E-state index in [-0.39, 0.29) is 0 Å². The monoisotopic (exact) mass is 244 g/mol. The maximum absolute atomic E-state index is 2.49. The third-order valence-corrected chi connectivity index (χ3v) is 5.01. The normalized spacial score (nSPS) is 26.9. The van der Waals surface area contributed by atoms with E-state index in [2.05, 4.69) is 49.9 Å². The van der Waals surface area contributed by atoms with E-state index in [1.807, 2.05) is 0 Å². The summed E-state index contributed by atoms with van der Waals surface area (Å²) in [6, 6.07) is 6.05. The van der Waals surface area contributed by atoms with Crippen LogP contribution < -0.4 is 9.80 Å². The average Bonchev–Trinajstić information content (AvgIpc) is 2.38. The predicted octanol–water partition coefficient (Wildman–Crippen LogP) is 3.23. The van der Waals surface area contributed by atoms with E-state index < -0.39 is 0 Å². The maximum atomic E-state index is 2.49. The first-order chi connectivity index (χ1) is 8.59. The Morgan fingerprint density at radius 2 is 1.22 bits per heavy atom. The zero-order chi connectivity index (χ0) is 12.9. The van der Waals surface area contributed by atoms with Gasteiger partial charge in [-0.1, -0.05) is 12.1 Å². The first-order valence-corrected chi connectivity index (χ1v) is 7.20. The van der Waals surface area contributed by atoms with Crippen LogP contribution in [0.1, 0.15) is 37.8 Å². The summed E-state index contributed by atoms with van der Waals surface area (Å²) in [5.74, 6) is 0. The van der Waals surface area contributed by atoms with Crippen molar-refractivity contribution in [3.8, 4) is 0 Å². The van der Waals surface area contributed by atoms with Gasteiger partial charge in [0.1, 0.15) is 0 Å². The number of aryl methyl sites for hydroxylation is 2. The molecule has 1 aromatic carbocycles. The molecule has 3 rings (SSSR count). The number of hydrogen-bond acceptors (Lipinski definition) is 2. The van der Waals surface area contributed by atoms with Crippen molar-refractivity contribution in [2.45, 2.75) is 51.6 Å². The molecule has 0 radical (unpaired) electrons. The lowest BCUT2D eigenvalue weighted by atomic mass is 9.89. The molecule has 18 heavy (non-hydrogen) atoms. The van der Waals surface area contributed by atoms with E-state index in [9.17, 15) is 0 Å². The van der Waals surface area contributed by atoms with E-state index in [0.717, 1.165) is 0 Å². The van der Waals surface area contributed by atoms with Gasteiger partial charge in [0.25, 0.3) is 0 Å². The van der Waals surface area contributed by atoms with Gasteiger partial charge >= 0.3 is 0 Å². The number of anilines is 2. The van der Waals surface area contributed by atoms with E-state index in [1.165, 1.54) is 48.2 Å². The Labute approximate surface area is 111 Å². The first-order valence-electron chi connectivity index (χ1n) is 7.20. The van der Waals surface area contributed by atoms with Crippen LogP contribution >= 0.6 is 0 Å². The molecule has 2 atom stereocenters. The molecule has 0 saturated carbocycles. The highest BCUT2D eigenvalue weighted by atomic mass is 15.2. The summed E-state index contributed by atoms with van der Waals surface area (Å²) in [6.07, 6.45) is 5.02. The van der Waals surface area contributed by atoms with Crippen LogP contribution in [-0.4, -0.2) is 26.2 Å². The summed E-state index contributed by atoms with van der Waals surface area (Å²) >= 11 is 0. The highest BCUT2D eigenvalue weighted by molar-refractivity contribution is 5.80. The summed E-state index contributed by atoms with van der Waals surface area (Å²) in [5, 5.41) is 0. The lowest BCUT2D eigenvalue weighted by Gasteiger charge is -2.42. The smallest absolute Gasteiger partial charge is 0.0639 e. The minimum absolute atomic E-state index is 0.662. The molecule has 0 bridgehead atoms. The van der Waals surface area contributed by atoms with Gasteiger partial charge in [0.05, 0.1) is 11.4 Å². The van der Waals surface area contributed by atoms with Crippen molar-refractivity contribution in [3.63, 3.8) is 0 Å². The fourth-order valence-corrected chi connectivity index (χ4v) is 3.41. The zero-order valence-electron chi connectivity index (χ0n) is 12.0. The Balaban J connectivity index is 2.17. The largest absolute Gasteiger partial charge is 0.370 e. The van der Waals surface area contributed by atoms with Crippen LogP contribution in [0.3, 0.4) is 0 Å². The third-order valence-electron chi connectivity index (χ3n) is 5.01. The molecule has 2 heterocycles. The van der Waals surface area contributed by atoms with Crippen LogP contribution in [0, 0.1) is 0 Å². The molecule has 2 nitrogen and oxygen atoms in total. The van der Waals surface area contributed by atoms with Crippen molar-refractivity contribution >= 4 is 11.4 Å². The average molecular weight is 244 g/mol. The summed E-state index contributed by atoms with van der Waals surface area (Å²) in [4.78, 5) is 4.98. The molecule has 0 fully saturated rings. The second-order valence-electron chi connectivity index (χ2n) is 6.08. The first kappa shape index (κ1) is 11.9. The van der Waals surface area contributed by atoms with Gasteiger partial charge in [-0.15, -0.1) is 0 Å². The number of rotatable bonds is 0. The molecule has 0 aromatic heterocycles. The SMILES string of the molecule is CC1CCc2ccc3c(c2N1C)N(C)C(C)CC3. The van der Waals surface area contributed by atoms with E-state index in [1.54, 1.807) is 0 Å². The van der Waals surface area contributed by atoms with Crippen molar-refractivity contribution in [2.75, 3.05) is 23.9 Å². The maximum Gasteiger partial charge on any atom is 0.0639 e. The van der Waals surface area contributed by atoms with Crippen LogP contribution in [-0.2, 0) is 12.8 Å². The van der Waals surface area contributed by atoms with E-state index in [0.29, 0.717) is 12.1 Å². The minimum atomic E-state index is 0.662.